The first-order valence-corrected chi connectivity index (χ1v) is 8.15. The molecular weight excluding hydrogens is 356 g/mol. The first-order valence-electron chi connectivity index (χ1n) is 7.77. The number of benzene rings is 2. The van der Waals surface area contributed by atoms with Crippen LogP contribution in [0.4, 0.5) is 11.6 Å². The van der Waals surface area contributed by atoms with E-state index in [-0.39, 0.29) is 24.7 Å². The number of nitrogens with two attached hydrogens (primary N) is 1. The van der Waals surface area contributed by atoms with E-state index in [1.807, 2.05) is 6.07 Å². The highest BCUT2D eigenvalue weighted by Crippen LogP contribution is 2.30. The number of halogens is 1. The van der Waals surface area contributed by atoms with Gasteiger partial charge in [-0.25, -0.2) is 9.97 Å². The minimum atomic E-state index is -1.02. The second-order valence-corrected chi connectivity index (χ2v) is 6.05. The number of carbonyl (C=O) groups is 2. The van der Waals surface area contributed by atoms with E-state index in [1.54, 1.807) is 36.4 Å². The van der Waals surface area contributed by atoms with E-state index >= 15 is 0 Å². The molecule has 4 N–H and O–H groups in total. The van der Waals surface area contributed by atoms with Crippen LogP contribution in [-0.4, -0.2) is 27.0 Å². The predicted molar refractivity (Wildman–Crippen MR) is 99.9 cm³/mol. The first-order chi connectivity index (χ1) is 12.4. The Morgan fingerprint density at radius 2 is 1.92 bits per heavy atom. The van der Waals surface area contributed by atoms with Crippen LogP contribution in [0, 0.1) is 0 Å². The largest absolute Gasteiger partial charge is 0.481 e. The summed E-state index contributed by atoms with van der Waals surface area (Å²) >= 11 is 6.09. The topological polar surface area (TPSA) is 118 Å². The van der Waals surface area contributed by atoms with Gasteiger partial charge in [0.1, 0.15) is 0 Å². The predicted octanol–water partition coefficient (Wildman–Crippen LogP) is 3.34. The van der Waals surface area contributed by atoms with Gasteiger partial charge in [-0.15, -0.1) is 0 Å². The van der Waals surface area contributed by atoms with Crippen molar-refractivity contribution in [3.8, 4) is 11.3 Å². The van der Waals surface area contributed by atoms with Gasteiger partial charge in [0, 0.05) is 28.1 Å². The zero-order chi connectivity index (χ0) is 18.7. The van der Waals surface area contributed by atoms with E-state index in [1.165, 1.54) is 0 Å². The van der Waals surface area contributed by atoms with Crippen molar-refractivity contribution in [1.82, 2.24) is 9.97 Å². The van der Waals surface area contributed by atoms with Crippen molar-refractivity contribution < 1.29 is 14.7 Å². The van der Waals surface area contributed by atoms with Crippen molar-refractivity contribution in [2.75, 3.05) is 11.1 Å². The fraction of sp³-hybridized carbons (Fsp3) is 0.111. The van der Waals surface area contributed by atoms with E-state index in [2.05, 4.69) is 15.3 Å². The molecule has 0 bridgehead atoms. The van der Waals surface area contributed by atoms with Crippen molar-refractivity contribution in [2.45, 2.75) is 12.8 Å². The number of carbonyl (C=O) groups excluding carboxylic acids is 1. The van der Waals surface area contributed by atoms with E-state index in [9.17, 15) is 9.59 Å². The number of fused-ring (bicyclic) bond motifs is 1. The maximum atomic E-state index is 11.8. The zero-order valence-electron chi connectivity index (χ0n) is 13.6. The van der Waals surface area contributed by atoms with Gasteiger partial charge in [0.05, 0.1) is 17.6 Å². The summed E-state index contributed by atoms with van der Waals surface area (Å²) in [7, 11) is 0. The summed E-state index contributed by atoms with van der Waals surface area (Å²) in [6.45, 7) is 0. The summed E-state index contributed by atoms with van der Waals surface area (Å²) in [5, 5.41) is 12.6. The number of aliphatic carboxylic acids is 1. The summed E-state index contributed by atoms with van der Waals surface area (Å²) in [6.07, 6.45) is -0.324. The lowest BCUT2D eigenvalue weighted by Gasteiger charge is -2.10. The van der Waals surface area contributed by atoms with Crippen LogP contribution in [0.2, 0.25) is 5.02 Å². The van der Waals surface area contributed by atoms with Crippen LogP contribution in [-0.2, 0) is 9.59 Å². The number of nitrogens with one attached hydrogen (secondary N) is 1. The third-order valence-corrected chi connectivity index (χ3v) is 3.90. The monoisotopic (exact) mass is 370 g/mol. The normalized spacial score (nSPS) is 10.7. The molecule has 1 heterocycles. The Bertz CT molecular complexity index is 1010. The van der Waals surface area contributed by atoms with Gasteiger partial charge in [-0.1, -0.05) is 23.7 Å². The Morgan fingerprint density at radius 1 is 1.12 bits per heavy atom. The summed E-state index contributed by atoms with van der Waals surface area (Å²) < 4.78 is 0. The van der Waals surface area contributed by atoms with Gasteiger partial charge in [0.2, 0.25) is 11.9 Å². The first kappa shape index (κ1) is 17.6. The Morgan fingerprint density at radius 3 is 2.69 bits per heavy atom. The summed E-state index contributed by atoms with van der Waals surface area (Å²) in [6, 6.07) is 12.3. The van der Waals surface area contributed by atoms with Gasteiger partial charge in [0.25, 0.3) is 0 Å². The van der Waals surface area contributed by atoms with Gasteiger partial charge < -0.3 is 16.2 Å². The van der Waals surface area contributed by atoms with Crippen molar-refractivity contribution in [3.05, 3.63) is 47.5 Å². The molecule has 0 saturated carbocycles. The van der Waals surface area contributed by atoms with E-state index < -0.39 is 5.97 Å². The molecule has 0 fully saturated rings. The molecule has 0 aliphatic rings. The lowest BCUT2D eigenvalue weighted by molar-refractivity contribution is -0.138. The molecular formula is C18H15ClN4O3. The number of anilines is 2. The maximum Gasteiger partial charge on any atom is 0.303 e. The number of hydrogen-bond acceptors (Lipinski definition) is 5. The van der Waals surface area contributed by atoms with Crippen molar-refractivity contribution in [3.63, 3.8) is 0 Å². The third kappa shape index (κ3) is 4.07. The van der Waals surface area contributed by atoms with Gasteiger partial charge >= 0.3 is 5.97 Å². The molecule has 3 aromatic rings. The molecule has 1 aromatic heterocycles. The second kappa shape index (κ2) is 7.37. The van der Waals surface area contributed by atoms with Gasteiger partial charge in [0.15, 0.2) is 0 Å². The van der Waals surface area contributed by atoms with Crippen LogP contribution in [0.1, 0.15) is 12.8 Å². The molecule has 0 saturated heterocycles. The Balaban J connectivity index is 1.95. The van der Waals surface area contributed by atoms with Crippen LogP contribution < -0.4 is 11.1 Å². The fourth-order valence-electron chi connectivity index (χ4n) is 2.53. The number of carboxylic acids is 1. The van der Waals surface area contributed by atoms with Crippen LogP contribution in [0.3, 0.4) is 0 Å². The second-order valence-electron chi connectivity index (χ2n) is 5.61. The molecule has 0 aliphatic heterocycles. The molecule has 8 heteroatoms. The molecule has 7 nitrogen and oxygen atoms in total. The van der Waals surface area contributed by atoms with E-state index in [4.69, 9.17) is 22.4 Å². The smallest absolute Gasteiger partial charge is 0.303 e. The van der Waals surface area contributed by atoms with Gasteiger partial charge in [-0.05, 0) is 30.3 Å². The molecule has 0 radical (unpaired) electrons. The van der Waals surface area contributed by atoms with Gasteiger partial charge in [-0.2, -0.15) is 0 Å². The van der Waals surface area contributed by atoms with Crippen molar-refractivity contribution >= 4 is 46.0 Å². The molecule has 0 unspecified atom stereocenters. The summed E-state index contributed by atoms with van der Waals surface area (Å²) in [5.74, 6) is -1.26. The summed E-state index contributed by atoms with van der Waals surface area (Å²) in [4.78, 5) is 30.9. The number of hydrogen-bond donors (Lipinski definition) is 3. The van der Waals surface area contributed by atoms with Gasteiger partial charge in [-0.3, -0.25) is 9.59 Å². The highest BCUT2D eigenvalue weighted by atomic mass is 35.5. The van der Waals surface area contributed by atoms with Crippen LogP contribution >= 0.6 is 11.6 Å². The Labute approximate surface area is 153 Å². The molecule has 0 aliphatic carbocycles. The molecule has 0 spiro atoms. The number of nitrogens with zero attached hydrogens (tertiary/aromatic N) is 2. The third-order valence-electron chi connectivity index (χ3n) is 3.66. The lowest BCUT2D eigenvalue weighted by Crippen LogP contribution is -2.13. The van der Waals surface area contributed by atoms with Crippen LogP contribution in [0.5, 0.6) is 0 Å². The van der Waals surface area contributed by atoms with E-state index in [0.717, 1.165) is 10.9 Å². The summed E-state index contributed by atoms with van der Waals surface area (Å²) in [5.41, 5.74) is 8.32. The highest BCUT2D eigenvalue weighted by molar-refractivity contribution is 6.31. The van der Waals surface area contributed by atoms with Crippen LogP contribution in [0.25, 0.3) is 22.2 Å². The van der Waals surface area contributed by atoms with Crippen LogP contribution in [0.15, 0.2) is 42.5 Å². The molecule has 132 valence electrons. The number of amides is 1. The Hall–Kier alpha value is -3.19. The minimum Gasteiger partial charge on any atom is -0.481 e. The maximum absolute atomic E-state index is 11.8. The standard InChI is InChI=1S/C18H15ClN4O3/c19-11-4-5-14-13(9-11)17(23-18(20)22-14)10-2-1-3-12(8-10)21-15(24)6-7-16(25)26/h1-5,8-9H,6-7H2,(H,21,24)(H,25,26)(H2,20,22,23). The molecule has 3 rings (SSSR count). The number of nitrogen functional groups attached to an aromatic ring is 1. The molecule has 2 aromatic carbocycles. The number of carboxylic acid groups (broad SMARTS) is 1. The lowest BCUT2D eigenvalue weighted by atomic mass is 10.1. The number of rotatable bonds is 5. The SMILES string of the molecule is Nc1nc(-c2cccc(NC(=O)CCC(=O)O)c2)c2cc(Cl)ccc2n1. The Kier molecular flexibility index (Phi) is 4.99. The van der Waals surface area contributed by atoms with Crippen molar-refractivity contribution in [2.24, 2.45) is 0 Å². The average Bonchev–Trinajstić information content (AvgIpc) is 2.60. The average molecular weight is 371 g/mol. The fourth-order valence-corrected chi connectivity index (χ4v) is 2.70. The molecule has 0 atom stereocenters. The van der Waals surface area contributed by atoms with E-state index in [0.29, 0.717) is 21.9 Å². The highest BCUT2D eigenvalue weighted by Gasteiger charge is 2.11. The zero-order valence-corrected chi connectivity index (χ0v) is 14.3. The minimum absolute atomic E-state index is 0.0987. The van der Waals surface area contributed by atoms with Crippen molar-refractivity contribution in [1.29, 1.82) is 0 Å². The molecule has 26 heavy (non-hydrogen) atoms. The molecule has 1 amide bonds. The quantitative estimate of drug-likeness (QED) is 0.633. The number of aromatic nitrogens is 2.